The minimum atomic E-state index is -4.36. The van der Waals surface area contributed by atoms with Gasteiger partial charge in [-0.2, -0.15) is 18.3 Å². The van der Waals surface area contributed by atoms with Crippen LogP contribution >= 0.6 is 12.4 Å². The molecule has 1 aromatic heterocycles. The second kappa shape index (κ2) is 4.65. The lowest BCUT2D eigenvalue weighted by molar-refractivity contribution is -0.141. The molecule has 0 aromatic carbocycles. The van der Waals surface area contributed by atoms with E-state index in [9.17, 15) is 13.2 Å². The lowest BCUT2D eigenvalue weighted by atomic mass is 10.3. The molecule has 3 nitrogen and oxygen atoms in total. The van der Waals surface area contributed by atoms with Crippen molar-refractivity contribution in [2.45, 2.75) is 12.7 Å². The second-order valence-electron chi connectivity index (χ2n) is 2.67. The summed E-state index contributed by atoms with van der Waals surface area (Å²) in [5.41, 5.74) is -0.338. The van der Waals surface area contributed by atoms with E-state index in [4.69, 9.17) is 0 Å². The van der Waals surface area contributed by atoms with Crippen LogP contribution in [0, 0.1) is 0 Å². The molecule has 0 atom stereocenters. The van der Waals surface area contributed by atoms with E-state index in [2.05, 4.69) is 10.4 Å². The van der Waals surface area contributed by atoms with E-state index in [0.29, 0.717) is 12.2 Å². The van der Waals surface area contributed by atoms with Gasteiger partial charge in [0, 0.05) is 13.6 Å². The first kappa shape index (κ1) is 13.2. The Morgan fingerprint density at radius 3 is 2.43 bits per heavy atom. The van der Waals surface area contributed by atoms with Gasteiger partial charge < -0.3 is 5.32 Å². The molecule has 0 aliphatic heterocycles. The highest BCUT2D eigenvalue weighted by molar-refractivity contribution is 5.85. The molecule has 1 aromatic rings. The number of hydrogen-bond donors (Lipinski definition) is 1. The van der Waals surface area contributed by atoms with Crippen LogP contribution in [0.5, 0.6) is 0 Å². The predicted molar refractivity (Wildman–Crippen MR) is 48.2 cm³/mol. The number of alkyl halides is 3. The van der Waals surface area contributed by atoms with Crippen molar-refractivity contribution < 1.29 is 13.2 Å². The van der Waals surface area contributed by atoms with Gasteiger partial charge in [-0.05, 0) is 13.1 Å². The van der Waals surface area contributed by atoms with Crippen LogP contribution in [0.3, 0.4) is 0 Å². The highest BCUT2D eigenvalue weighted by Gasteiger charge is 2.34. The van der Waals surface area contributed by atoms with Crippen molar-refractivity contribution in [1.29, 1.82) is 0 Å². The zero-order valence-corrected chi connectivity index (χ0v) is 8.54. The van der Waals surface area contributed by atoms with Crippen LogP contribution in [0.15, 0.2) is 6.07 Å². The SMILES string of the molecule is CNCc1cc(C(F)(F)F)nn1C.Cl. The van der Waals surface area contributed by atoms with Crippen molar-refractivity contribution >= 4 is 12.4 Å². The number of rotatable bonds is 2. The van der Waals surface area contributed by atoms with Crippen molar-refractivity contribution in [2.75, 3.05) is 7.05 Å². The summed E-state index contributed by atoms with van der Waals surface area (Å²) in [6.07, 6.45) is -4.36. The van der Waals surface area contributed by atoms with E-state index in [1.165, 1.54) is 11.7 Å². The minimum Gasteiger partial charge on any atom is -0.314 e. The lowest BCUT2D eigenvalue weighted by Gasteiger charge is -1.99. The number of hydrogen-bond acceptors (Lipinski definition) is 2. The molecular weight excluding hydrogens is 219 g/mol. The summed E-state index contributed by atoms with van der Waals surface area (Å²) in [6, 6.07) is 1.04. The van der Waals surface area contributed by atoms with E-state index in [1.54, 1.807) is 7.05 Å². The van der Waals surface area contributed by atoms with Crippen LogP contribution in [-0.4, -0.2) is 16.8 Å². The van der Waals surface area contributed by atoms with Gasteiger partial charge in [-0.3, -0.25) is 4.68 Å². The van der Waals surface area contributed by atoms with Crippen molar-refractivity contribution in [3.63, 3.8) is 0 Å². The molecule has 0 amide bonds. The predicted octanol–water partition coefficient (Wildman–Crippen LogP) is 1.58. The molecular formula is C7H11ClF3N3. The summed E-state index contributed by atoms with van der Waals surface area (Å²) in [4.78, 5) is 0. The number of halogens is 4. The molecule has 82 valence electrons. The lowest BCUT2D eigenvalue weighted by Crippen LogP contribution is -2.09. The van der Waals surface area contributed by atoms with Gasteiger partial charge in [0.1, 0.15) is 0 Å². The smallest absolute Gasteiger partial charge is 0.314 e. The average Bonchev–Trinajstić information content (AvgIpc) is 2.32. The van der Waals surface area contributed by atoms with Crippen LogP contribution in [0.4, 0.5) is 13.2 Å². The molecule has 14 heavy (non-hydrogen) atoms. The molecule has 0 saturated carbocycles. The largest absolute Gasteiger partial charge is 0.435 e. The van der Waals surface area contributed by atoms with Crippen molar-refractivity contribution in [3.05, 3.63) is 17.5 Å². The molecule has 0 aliphatic rings. The summed E-state index contributed by atoms with van der Waals surface area (Å²) in [7, 11) is 3.15. The maximum Gasteiger partial charge on any atom is 0.435 e. The van der Waals surface area contributed by atoms with Gasteiger partial charge in [-0.1, -0.05) is 0 Å². The molecule has 0 bridgehead atoms. The van der Waals surface area contributed by atoms with Crippen molar-refractivity contribution in [3.8, 4) is 0 Å². The maximum absolute atomic E-state index is 12.1. The number of nitrogens with zero attached hydrogens (tertiary/aromatic N) is 2. The molecule has 0 spiro atoms. The first-order chi connectivity index (χ1) is 5.95. The van der Waals surface area contributed by atoms with E-state index in [-0.39, 0.29) is 12.4 Å². The quantitative estimate of drug-likeness (QED) is 0.835. The third-order valence-corrected chi connectivity index (χ3v) is 1.63. The van der Waals surface area contributed by atoms with Crippen LogP contribution < -0.4 is 5.32 Å². The normalized spacial score (nSPS) is 11.2. The highest BCUT2D eigenvalue weighted by atomic mass is 35.5. The molecule has 0 fully saturated rings. The molecule has 7 heteroatoms. The van der Waals surface area contributed by atoms with E-state index in [0.717, 1.165) is 6.07 Å². The summed E-state index contributed by atoms with van der Waals surface area (Å²) in [5.74, 6) is 0. The molecule has 0 saturated heterocycles. The summed E-state index contributed by atoms with van der Waals surface area (Å²) < 4.78 is 37.6. The molecule has 0 unspecified atom stereocenters. The van der Waals surface area contributed by atoms with Gasteiger partial charge in [-0.15, -0.1) is 12.4 Å². The van der Waals surface area contributed by atoms with E-state index in [1.807, 2.05) is 0 Å². The Balaban J connectivity index is 0.00000169. The van der Waals surface area contributed by atoms with Crippen LogP contribution in [0.1, 0.15) is 11.4 Å². The molecule has 0 aliphatic carbocycles. The summed E-state index contributed by atoms with van der Waals surface area (Å²) >= 11 is 0. The Labute approximate surface area is 85.7 Å². The summed E-state index contributed by atoms with van der Waals surface area (Å²) in [6.45, 7) is 0.375. The van der Waals surface area contributed by atoms with Gasteiger partial charge in [-0.25, -0.2) is 0 Å². The molecule has 0 radical (unpaired) electrons. The van der Waals surface area contributed by atoms with Gasteiger partial charge in [0.25, 0.3) is 0 Å². The average molecular weight is 230 g/mol. The maximum atomic E-state index is 12.1. The number of nitrogens with one attached hydrogen (secondary N) is 1. The third kappa shape index (κ3) is 2.88. The Bertz CT molecular complexity index is 295. The summed E-state index contributed by atoms with van der Waals surface area (Å²) in [5, 5.41) is 6.11. The van der Waals surface area contributed by atoms with E-state index >= 15 is 0 Å². The Morgan fingerprint density at radius 2 is 2.07 bits per heavy atom. The van der Waals surface area contributed by atoms with Gasteiger partial charge in [0.2, 0.25) is 0 Å². The topological polar surface area (TPSA) is 29.9 Å². The molecule has 1 N–H and O–H groups in total. The van der Waals surface area contributed by atoms with Gasteiger partial charge in [0.15, 0.2) is 5.69 Å². The minimum absolute atomic E-state index is 0. The Kier molecular flexibility index (Phi) is 4.41. The highest BCUT2D eigenvalue weighted by Crippen LogP contribution is 2.28. The van der Waals surface area contributed by atoms with Crippen LogP contribution in [0.25, 0.3) is 0 Å². The Hall–Kier alpha value is -0.750. The van der Waals surface area contributed by atoms with Crippen LogP contribution in [-0.2, 0) is 19.8 Å². The van der Waals surface area contributed by atoms with Crippen LogP contribution in [0.2, 0.25) is 0 Å². The number of aryl methyl sites for hydroxylation is 1. The fraction of sp³-hybridized carbons (Fsp3) is 0.571. The first-order valence-electron chi connectivity index (χ1n) is 3.70. The molecule has 1 heterocycles. The zero-order valence-electron chi connectivity index (χ0n) is 7.72. The fourth-order valence-corrected chi connectivity index (χ4v) is 0.991. The first-order valence-corrected chi connectivity index (χ1v) is 3.70. The number of aromatic nitrogens is 2. The van der Waals surface area contributed by atoms with Gasteiger partial charge >= 0.3 is 6.18 Å². The van der Waals surface area contributed by atoms with Crippen molar-refractivity contribution in [2.24, 2.45) is 7.05 Å². The van der Waals surface area contributed by atoms with Crippen molar-refractivity contribution in [1.82, 2.24) is 15.1 Å². The van der Waals surface area contributed by atoms with E-state index < -0.39 is 11.9 Å². The monoisotopic (exact) mass is 229 g/mol. The third-order valence-electron chi connectivity index (χ3n) is 1.63. The molecule has 1 rings (SSSR count). The Morgan fingerprint density at radius 1 is 1.50 bits per heavy atom. The second-order valence-corrected chi connectivity index (χ2v) is 2.67. The fourth-order valence-electron chi connectivity index (χ4n) is 0.991. The van der Waals surface area contributed by atoms with Gasteiger partial charge in [0.05, 0.1) is 5.69 Å². The zero-order chi connectivity index (χ0) is 10.1. The standard InChI is InChI=1S/C7H10F3N3.ClH/c1-11-4-5-3-6(7(8,9)10)12-13(5)2;/h3,11H,4H2,1-2H3;1H.